The Balaban J connectivity index is 1.96. The van der Waals surface area contributed by atoms with Gasteiger partial charge in [0.1, 0.15) is 0 Å². The van der Waals surface area contributed by atoms with E-state index in [1.165, 1.54) is 0 Å². The number of benzene rings is 1. The maximum atomic E-state index is 11.7. The SMILES string of the molecule is CCOc1ccccc1Oc1ccc(CNC(=O)C(C)CN)cn1. The summed E-state index contributed by atoms with van der Waals surface area (Å²) >= 11 is 0. The Morgan fingerprint density at radius 3 is 2.62 bits per heavy atom. The fourth-order valence-electron chi connectivity index (χ4n) is 1.97. The zero-order valence-corrected chi connectivity index (χ0v) is 14.0. The van der Waals surface area contributed by atoms with Crippen LogP contribution in [-0.4, -0.2) is 24.0 Å². The molecule has 6 nitrogen and oxygen atoms in total. The average molecular weight is 329 g/mol. The minimum absolute atomic E-state index is 0.0662. The van der Waals surface area contributed by atoms with Crippen LogP contribution >= 0.6 is 0 Å². The van der Waals surface area contributed by atoms with Crippen molar-refractivity contribution in [3.05, 3.63) is 48.2 Å². The van der Waals surface area contributed by atoms with E-state index in [9.17, 15) is 4.79 Å². The van der Waals surface area contributed by atoms with Gasteiger partial charge in [0.05, 0.1) is 6.61 Å². The largest absolute Gasteiger partial charge is 0.490 e. The second-order valence-corrected chi connectivity index (χ2v) is 5.34. The Morgan fingerprint density at radius 2 is 2.00 bits per heavy atom. The fraction of sp³-hybridized carbons (Fsp3) is 0.333. The van der Waals surface area contributed by atoms with E-state index in [1.807, 2.05) is 37.3 Å². The van der Waals surface area contributed by atoms with Crippen molar-refractivity contribution in [2.24, 2.45) is 11.7 Å². The molecular weight excluding hydrogens is 306 g/mol. The molecule has 1 unspecified atom stereocenters. The second-order valence-electron chi connectivity index (χ2n) is 5.34. The summed E-state index contributed by atoms with van der Waals surface area (Å²) in [6.45, 7) is 5.01. The van der Waals surface area contributed by atoms with Crippen LogP contribution < -0.4 is 20.5 Å². The summed E-state index contributed by atoms with van der Waals surface area (Å²) in [5, 5.41) is 2.82. The summed E-state index contributed by atoms with van der Waals surface area (Å²) in [6, 6.07) is 11.1. The van der Waals surface area contributed by atoms with Crippen molar-refractivity contribution in [3.8, 4) is 17.4 Å². The van der Waals surface area contributed by atoms with Crippen molar-refractivity contribution < 1.29 is 14.3 Å². The number of carbonyl (C=O) groups is 1. The number of hydrogen-bond donors (Lipinski definition) is 2. The van der Waals surface area contributed by atoms with Gasteiger partial charge in [0, 0.05) is 31.3 Å². The van der Waals surface area contributed by atoms with Gasteiger partial charge in [-0.3, -0.25) is 4.79 Å². The van der Waals surface area contributed by atoms with Crippen LogP contribution in [-0.2, 0) is 11.3 Å². The average Bonchev–Trinajstić information content (AvgIpc) is 2.62. The van der Waals surface area contributed by atoms with Crippen molar-refractivity contribution in [2.75, 3.05) is 13.2 Å². The summed E-state index contributed by atoms with van der Waals surface area (Å²) in [5.74, 6) is 1.49. The van der Waals surface area contributed by atoms with Crippen LogP contribution in [0.3, 0.4) is 0 Å². The van der Waals surface area contributed by atoms with Gasteiger partial charge in [0.25, 0.3) is 0 Å². The van der Waals surface area contributed by atoms with Crippen LogP contribution in [0.5, 0.6) is 17.4 Å². The van der Waals surface area contributed by atoms with Crippen molar-refractivity contribution in [3.63, 3.8) is 0 Å². The van der Waals surface area contributed by atoms with Gasteiger partial charge in [0.15, 0.2) is 11.5 Å². The molecule has 1 heterocycles. The zero-order valence-electron chi connectivity index (χ0n) is 14.0. The molecule has 6 heteroatoms. The van der Waals surface area contributed by atoms with Gasteiger partial charge >= 0.3 is 0 Å². The van der Waals surface area contributed by atoms with Gasteiger partial charge in [-0.2, -0.15) is 0 Å². The molecule has 128 valence electrons. The monoisotopic (exact) mass is 329 g/mol. The lowest BCUT2D eigenvalue weighted by molar-refractivity contribution is -0.124. The Hall–Kier alpha value is -2.60. The summed E-state index contributed by atoms with van der Waals surface area (Å²) in [7, 11) is 0. The summed E-state index contributed by atoms with van der Waals surface area (Å²) in [6.07, 6.45) is 1.67. The first-order chi connectivity index (χ1) is 11.6. The Morgan fingerprint density at radius 1 is 1.25 bits per heavy atom. The molecule has 2 rings (SSSR count). The number of nitrogens with one attached hydrogen (secondary N) is 1. The molecule has 0 bridgehead atoms. The molecule has 1 atom stereocenters. The third-order valence-electron chi connectivity index (χ3n) is 3.43. The molecule has 3 N–H and O–H groups in total. The van der Waals surface area contributed by atoms with Crippen molar-refractivity contribution in [2.45, 2.75) is 20.4 Å². The van der Waals surface area contributed by atoms with Crippen molar-refractivity contribution in [1.29, 1.82) is 0 Å². The smallest absolute Gasteiger partial charge is 0.224 e. The normalized spacial score (nSPS) is 11.6. The van der Waals surface area contributed by atoms with E-state index in [-0.39, 0.29) is 11.8 Å². The molecule has 0 fully saturated rings. The van der Waals surface area contributed by atoms with Crippen molar-refractivity contribution >= 4 is 5.91 Å². The maximum Gasteiger partial charge on any atom is 0.224 e. The van der Waals surface area contributed by atoms with Crippen LogP contribution in [0.1, 0.15) is 19.4 Å². The maximum absolute atomic E-state index is 11.7. The van der Waals surface area contributed by atoms with E-state index in [0.29, 0.717) is 37.1 Å². The lowest BCUT2D eigenvalue weighted by Crippen LogP contribution is -2.32. The Labute approximate surface area is 142 Å². The highest BCUT2D eigenvalue weighted by Crippen LogP contribution is 2.30. The van der Waals surface area contributed by atoms with Crippen LogP contribution in [0.25, 0.3) is 0 Å². The lowest BCUT2D eigenvalue weighted by Gasteiger charge is -2.11. The molecule has 1 aromatic carbocycles. The lowest BCUT2D eigenvalue weighted by atomic mass is 10.1. The van der Waals surface area contributed by atoms with Gasteiger partial charge in [-0.15, -0.1) is 0 Å². The van der Waals surface area contributed by atoms with Crippen LogP contribution in [0.2, 0.25) is 0 Å². The second kappa shape index (κ2) is 8.88. The third-order valence-corrected chi connectivity index (χ3v) is 3.43. The van der Waals surface area contributed by atoms with Crippen LogP contribution in [0.4, 0.5) is 0 Å². The molecule has 1 amide bonds. The first-order valence-electron chi connectivity index (χ1n) is 7.96. The van der Waals surface area contributed by atoms with E-state index >= 15 is 0 Å². The number of carbonyl (C=O) groups excluding carboxylic acids is 1. The standard InChI is InChI=1S/C18H23N3O3/c1-3-23-15-6-4-5-7-16(15)24-17-9-8-14(11-20-17)12-21-18(22)13(2)10-19/h4-9,11,13H,3,10,12,19H2,1-2H3,(H,21,22). The van der Waals surface area contributed by atoms with E-state index in [4.69, 9.17) is 15.2 Å². The van der Waals surface area contributed by atoms with E-state index < -0.39 is 0 Å². The predicted octanol–water partition coefficient (Wildman–Crippen LogP) is 2.48. The molecule has 0 radical (unpaired) electrons. The number of aromatic nitrogens is 1. The zero-order chi connectivity index (χ0) is 17.4. The Kier molecular flexibility index (Phi) is 6.57. The van der Waals surface area contributed by atoms with Gasteiger partial charge in [-0.1, -0.05) is 25.1 Å². The minimum atomic E-state index is -0.198. The number of para-hydroxylation sites is 2. The van der Waals surface area contributed by atoms with Gasteiger partial charge in [0.2, 0.25) is 11.8 Å². The molecule has 0 aliphatic carbocycles. The number of amides is 1. The number of ether oxygens (including phenoxy) is 2. The number of nitrogens with two attached hydrogens (primary N) is 1. The predicted molar refractivity (Wildman–Crippen MR) is 92.0 cm³/mol. The van der Waals surface area contributed by atoms with Crippen LogP contribution in [0.15, 0.2) is 42.6 Å². The number of pyridine rings is 1. The highest BCUT2D eigenvalue weighted by Gasteiger charge is 2.10. The highest BCUT2D eigenvalue weighted by atomic mass is 16.5. The minimum Gasteiger partial charge on any atom is -0.490 e. The molecule has 0 saturated heterocycles. The quantitative estimate of drug-likeness (QED) is 0.777. The molecule has 24 heavy (non-hydrogen) atoms. The molecule has 2 aromatic rings. The topological polar surface area (TPSA) is 86.5 Å². The molecule has 0 spiro atoms. The molecular formula is C18H23N3O3. The van der Waals surface area contributed by atoms with E-state index in [0.717, 1.165) is 5.56 Å². The number of rotatable bonds is 8. The molecule has 0 aliphatic rings. The highest BCUT2D eigenvalue weighted by molar-refractivity contribution is 5.78. The fourth-order valence-corrected chi connectivity index (χ4v) is 1.97. The number of hydrogen-bond acceptors (Lipinski definition) is 5. The van der Waals surface area contributed by atoms with Gasteiger partial charge < -0.3 is 20.5 Å². The number of nitrogens with zero attached hydrogens (tertiary/aromatic N) is 1. The summed E-state index contributed by atoms with van der Waals surface area (Å²) in [4.78, 5) is 16.0. The van der Waals surface area contributed by atoms with Gasteiger partial charge in [-0.05, 0) is 24.6 Å². The molecule has 0 saturated carbocycles. The third kappa shape index (κ3) is 4.96. The molecule has 1 aromatic heterocycles. The van der Waals surface area contributed by atoms with Crippen LogP contribution in [0, 0.1) is 5.92 Å². The summed E-state index contributed by atoms with van der Waals surface area (Å²) < 4.78 is 11.3. The van der Waals surface area contributed by atoms with Gasteiger partial charge in [-0.25, -0.2) is 4.98 Å². The summed E-state index contributed by atoms with van der Waals surface area (Å²) in [5.41, 5.74) is 6.36. The molecule has 0 aliphatic heterocycles. The van der Waals surface area contributed by atoms with Crippen molar-refractivity contribution in [1.82, 2.24) is 10.3 Å². The van der Waals surface area contributed by atoms with E-state index in [1.54, 1.807) is 19.2 Å². The first-order valence-corrected chi connectivity index (χ1v) is 7.96. The van der Waals surface area contributed by atoms with E-state index in [2.05, 4.69) is 10.3 Å². The first kappa shape index (κ1) is 17.7. The Bertz CT molecular complexity index is 659.